The minimum absolute atomic E-state index is 0.0340. The molecule has 0 aliphatic heterocycles. The molecule has 0 atom stereocenters. The average molecular weight is 408 g/mol. The Morgan fingerprint density at radius 1 is 0.708 bits per heavy atom. The van der Waals surface area contributed by atoms with Crippen molar-refractivity contribution in [3.05, 3.63) is 0 Å². The molecule has 0 aromatic rings. The first kappa shape index (κ1) is 21.4. The summed E-state index contributed by atoms with van der Waals surface area (Å²) in [6.07, 6.45) is 1.25. The summed E-state index contributed by atoms with van der Waals surface area (Å²) in [5.41, 5.74) is -13.0. The Balaban J connectivity index is 2.89. The predicted molar refractivity (Wildman–Crippen MR) is 67.4 cm³/mol. The predicted octanol–water partition coefficient (Wildman–Crippen LogP) is 2.67. The van der Waals surface area contributed by atoms with Gasteiger partial charge in [-0.15, -0.1) is 0 Å². The third kappa shape index (κ3) is 5.20. The molecule has 0 unspecified atom stereocenters. The zero-order chi connectivity index (χ0) is 18.9. The Labute approximate surface area is 134 Å². The zero-order valence-corrected chi connectivity index (χ0v) is 13.6. The second-order valence-corrected chi connectivity index (χ2v) is 8.60. The van der Waals surface area contributed by atoms with Crippen molar-refractivity contribution in [2.24, 2.45) is 5.41 Å². The second kappa shape index (κ2) is 6.96. The molecule has 144 valence electrons. The van der Waals surface area contributed by atoms with E-state index in [1.807, 2.05) is 0 Å². The van der Waals surface area contributed by atoms with Crippen molar-refractivity contribution in [3.63, 3.8) is 0 Å². The van der Waals surface area contributed by atoms with Gasteiger partial charge in [-0.05, 0) is 12.8 Å². The molecule has 0 heterocycles. The van der Waals surface area contributed by atoms with E-state index in [2.05, 4.69) is 8.37 Å². The van der Waals surface area contributed by atoms with Gasteiger partial charge in [0.2, 0.25) is 0 Å². The topological polar surface area (TPSA) is 86.7 Å². The maximum atomic E-state index is 12.3. The van der Waals surface area contributed by atoms with E-state index in [1.165, 1.54) is 0 Å². The van der Waals surface area contributed by atoms with Crippen molar-refractivity contribution in [1.29, 1.82) is 0 Å². The summed E-state index contributed by atoms with van der Waals surface area (Å²) in [5.74, 6) is 0. The highest BCUT2D eigenvalue weighted by atomic mass is 32.2. The van der Waals surface area contributed by atoms with Crippen LogP contribution in [-0.2, 0) is 28.6 Å². The van der Waals surface area contributed by atoms with E-state index < -0.39 is 49.9 Å². The van der Waals surface area contributed by atoms with Crippen LogP contribution in [-0.4, -0.2) is 41.1 Å². The van der Waals surface area contributed by atoms with Crippen LogP contribution >= 0.6 is 0 Å². The average Bonchev–Trinajstić information content (AvgIpc) is 2.42. The molecule has 0 aromatic carbocycles. The van der Waals surface area contributed by atoms with Crippen molar-refractivity contribution >= 4 is 20.2 Å². The van der Waals surface area contributed by atoms with Gasteiger partial charge in [-0.3, -0.25) is 8.37 Å². The molecule has 1 aliphatic rings. The van der Waals surface area contributed by atoms with E-state index >= 15 is 0 Å². The van der Waals surface area contributed by atoms with Crippen LogP contribution in [0.4, 0.5) is 26.3 Å². The van der Waals surface area contributed by atoms with Crippen LogP contribution < -0.4 is 0 Å². The first-order valence-electron chi connectivity index (χ1n) is 6.53. The van der Waals surface area contributed by atoms with Crippen LogP contribution in [0.5, 0.6) is 0 Å². The Bertz CT molecular complexity index is 580. The van der Waals surface area contributed by atoms with Gasteiger partial charge in [-0.25, -0.2) is 0 Å². The molecule has 0 radical (unpaired) electrons. The number of hydrogen-bond acceptors (Lipinski definition) is 6. The van der Waals surface area contributed by atoms with Gasteiger partial charge in [0.05, 0.1) is 13.2 Å². The van der Waals surface area contributed by atoms with Gasteiger partial charge >= 0.3 is 31.3 Å². The summed E-state index contributed by atoms with van der Waals surface area (Å²) in [6.45, 7) is -2.25. The first-order chi connectivity index (χ1) is 10.6. The fourth-order valence-corrected chi connectivity index (χ4v) is 3.25. The van der Waals surface area contributed by atoms with E-state index in [0.717, 1.165) is 0 Å². The lowest BCUT2D eigenvalue weighted by molar-refractivity contribution is -0.0642. The fraction of sp³-hybridized carbons (Fsp3) is 1.00. The Kier molecular flexibility index (Phi) is 6.22. The quantitative estimate of drug-likeness (QED) is 0.382. The number of hydrogen-bond donors (Lipinski definition) is 0. The molecule has 1 fully saturated rings. The SMILES string of the molecule is O=S(=O)(OCC1(COS(=O)(=O)C(F)(F)F)CCCCC1)C(F)(F)F. The molecule has 1 rings (SSSR count). The maximum absolute atomic E-state index is 12.3. The standard InChI is InChI=1S/C10H14F6O6S2/c11-9(12,13)23(17,18)21-6-8(4-2-1-3-5-8)7-22-24(19,20)10(14,15)16/h1-7H2. The summed E-state index contributed by atoms with van der Waals surface area (Å²) in [6, 6.07) is 0. The monoisotopic (exact) mass is 408 g/mol. The largest absolute Gasteiger partial charge is 0.523 e. The van der Waals surface area contributed by atoms with Crippen molar-refractivity contribution in [3.8, 4) is 0 Å². The molecule has 1 saturated carbocycles. The molecule has 0 spiro atoms. The molecule has 0 saturated heterocycles. The zero-order valence-electron chi connectivity index (χ0n) is 12.0. The van der Waals surface area contributed by atoms with E-state index in [9.17, 15) is 43.2 Å². The van der Waals surface area contributed by atoms with Crippen LogP contribution in [0.1, 0.15) is 32.1 Å². The lowest BCUT2D eigenvalue weighted by Gasteiger charge is -2.36. The van der Waals surface area contributed by atoms with Crippen molar-refractivity contribution in [1.82, 2.24) is 0 Å². The highest BCUT2D eigenvalue weighted by Crippen LogP contribution is 2.39. The Morgan fingerprint density at radius 2 is 1.04 bits per heavy atom. The van der Waals surface area contributed by atoms with Gasteiger partial charge in [0.1, 0.15) is 0 Å². The molecule has 0 N–H and O–H groups in total. The van der Waals surface area contributed by atoms with E-state index in [1.54, 1.807) is 0 Å². The normalized spacial score (nSPS) is 20.1. The molecule has 14 heteroatoms. The van der Waals surface area contributed by atoms with Gasteiger partial charge in [-0.1, -0.05) is 19.3 Å². The van der Waals surface area contributed by atoms with Gasteiger partial charge in [0.15, 0.2) is 0 Å². The Hall–Kier alpha value is -0.600. The molecule has 0 amide bonds. The summed E-state index contributed by atoms with van der Waals surface area (Å²) in [5, 5.41) is 0. The maximum Gasteiger partial charge on any atom is 0.523 e. The molecule has 24 heavy (non-hydrogen) atoms. The summed E-state index contributed by atoms with van der Waals surface area (Å²) < 4.78 is 125. The van der Waals surface area contributed by atoms with E-state index in [4.69, 9.17) is 0 Å². The van der Waals surface area contributed by atoms with Crippen molar-refractivity contribution in [2.45, 2.75) is 43.1 Å². The van der Waals surface area contributed by atoms with Crippen molar-refractivity contribution < 1.29 is 51.5 Å². The Morgan fingerprint density at radius 3 is 1.33 bits per heavy atom. The van der Waals surface area contributed by atoms with Gasteiger partial charge in [-0.2, -0.15) is 43.2 Å². The third-order valence-electron chi connectivity index (χ3n) is 3.52. The van der Waals surface area contributed by atoms with E-state index in [0.29, 0.717) is 19.3 Å². The third-order valence-corrected chi connectivity index (χ3v) is 5.51. The lowest BCUT2D eigenvalue weighted by atomic mass is 9.75. The molecular formula is C10H14F6O6S2. The van der Waals surface area contributed by atoms with Gasteiger partial charge in [0.25, 0.3) is 0 Å². The van der Waals surface area contributed by atoms with Crippen LogP contribution in [0.15, 0.2) is 0 Å². The lowest BCUT2D eigenvalue weighted by Crippen LogP contribution is -2.39. The van der Waals surface area contributed by atoms with Crippen molar-refractivity contribution in [2.75, 3.05) is 13.2 Å². The minimum Gasteiger partial charge on any atom is -0.262 e. The van der Waals surface area contributed by atoms with Crippen LogP contribution in [0.25, 0.3) is 0 Å². The minimum atomic E-state index is -5.94. The molecule has 0 bridgehead atoms. The number of halogens is 6. The van der Waals surface area contributed by atoms with Gasteiger partial charge < -0.3 is 0 Å². The highest BCUT2D eigenvalue weighted by Gasteiger charge is 2.51. The first-order valence-corrected chi connectivity index (χ1v) is 9.35. The summed E-state index contributed by atoms with van der Waals surface area (Å²) in [7, 11) is -11.9. The number of alkyl halides is 6. The smallest absolute Gasteiger partial charge is 0.262 e. The highest BCUT2D eigenvalue weighted by molar-refractivity contribution is 7.87. The number of rotatable bonds is 6. The molecular weight excluding hydrogens is 394 g/mol. The fourth-order valence-electron chi connectivity index (χ4n) is 2.17. The molecule has 6 nitrogen and oxygen atoms in total. The summed E-state index contributed by atoms with van der Waals surface area (Å²) in [4.78, 5) is 0. The van der Waals surface area contributed by atoms with Gasteiger partial charge in [0, 0.05) is 5.41 Å². The molecule has 0 aromatic heterocycles. The second-order valence-electron chi connectivity index (χ2n) is 5.38. The van der Waals surface area contributed by atoms with Crippen LogP contribution in [0.3, 0.4) is 0 Å². The molecule has 1 aliphatic carbocycles. The summed E-state index contributed by atoms with van der Waals surface area (Å²) >= 11 is 0. The van der Waals surface area contributed by atoms with E-state index in [-0.39, 0.29) is 12.8 Å². The van der Waals surface area contributed by atoms with Crippen LogP contribution in [0, 0.1) is 5.41 Å². The van der Waals surface area contributed by atoms with Crippen LogP contribution in [0.2, 0.25) is 0 Å².